The normalized spacial score (nSPS) is 13.2. The Morgan fingerprint density at radius 3 is 1.90 bits per heavy atom. The Balaban J connectivity index is 3.92. The van der Waals surface area contributed by atoms with Crippen molar-refractivity contribution in [2.24, 2.45) is 5.73 Å². The van der Waals surface area contributed by atoms with E-state index in [2.05, 4.69) is 63.2 Å². The highest BCUT2D eigenvalue weighted by Gasteiger charge is 2.22. The van der Waals surface area contributed by atoms with Gasteiger partial charge in [-0.1, -0.05) is 6.42 Å². The van der Waals surface area contributed by atoms with Gasteiger partial charge >= 0.3 is 0 Å². The van der Waals surface area contributed by atoms with Gasteiger partial charge in [-0.25, -0.2) is 0 Å². The molecule has 0 atom stereocenters. The summed E-state index contributed by atoms with van der Waals surface area (Å²) in [5, 5.41) is 3.34. The van der Waals surface area contributed by atoms with Crippen LogP contribution in [0.3, 0.4) is 0 Å². The van der Waals surface area contributed by atoms with E-state index in [4.69, 9.17) is 5.73 Å². The minimum absolute atomic E-state index is 0.0434. The molecule has 0 aromatic rings. The van der Waals surface area contributed by atoms with Gasteiger partial charge in [0, 0.05) is 35.7 Å². The Bertz CT molecular complexity index is 218. The zero-order chi connectivity index (χ0) is 15.6. The molecule has 0 amide bonds. The second-order valence-electron chi connectivity index (χ2n) is 6.93. The van der Waals surface area contributed by atoms with Gasteiger partial charge in [0.1, 0.15) is 0 Å². The molecule has 0 fully saturated rings. The largest absolute Gasteiger partial charge is 0.329 e. The lowest BCUT2D eigenvalue weighted by atomic mass is 10.1. The fourth-order valence-corrected chi connectivity index (χ4v) is 2.70. The van der Waals surface area contributed by atoms with Crippen molar-refractivity contribution in [3.05, 3.63) is 0 Å². The topological polar surface area (TPSA) is 41.3 Å². The van der Waals surface area contributed by atoms with Gasteiger partial charge in [-0.05, 0) is 53.6 Å². The molecule has 20 heavy (non-hydrogen) atoms. The number of thiol groups is 2. The highest BCUT2D eigenvalue weighted by atomic mass is 32.1. The van der Waals surface area contributed by atoms with Crippen molar-refractivity contribution in [2.75, 3.05) is 39.3 Å². The van der Waals surface area contributed by atoms with E-state index >= 15 is 0 Å². The molecule has 0 unspecified atom stereocenters. The number of nitrogens with one attached hydrogen (secondary N) is 1. The molecule has 0 radical (unpaired) electrons. The highest BCUT2D eigenvalue weighted by molar-refractivity contribution is 7.82. The van der Waals surface area contributed by atoms with Crippen LogP contribution in [0.2, 0.25) is 0 Å². The third kappa shape index (κ3) is 15.0. The van der Waals surface area contributed by atoms with Crippen LogP contribution in [0.1, 0.15) is 47.0 Å². The van der Waals surface area contributed by atoms with Gasteiger partial charge < -0.3 is 16.0 Å². The first-order chi connectivity index (χ1) is 9.14. The fourth-order valence-electron chi connectivity index (χ4n) is 2.30. The van der Waals surface area contributed by atoms with Crippen LogP contribution < -0.4 is 11.1 Å². The van der Waals surface area contributed by atoms with Gasteiger partial charge in [-0.15, -0.1) is 0 Å². The third-order valence-electron chi connectivity index (χ3n) is 2.87. The zero-order valence-electron chi connectivity index (χ0n) is 13.8. The van der Waals surface area contributed by atoms with Crippen molar-refractivity contribution in [3.63, 3.8) is 0 Å². The van der Waals surface area contributed by atoms with E-state index in [0.717, 1.165) is 39.3 Å². The number of nitrogens with two attached hydrogens (primary N) is 1. The van der Waals surface area contributed by atoms with Crippen LogP contribution in [0.15, 0.2) is 0 Å². The molecule has 0 aliphatic carbocycles. The van der Waals surface area contributed by atoms with E-state index in [-0.39, 0.29) is 9.49 Å². The van der Waals surface area contributed by atoms with E-state index in [1.165, 1.54) is 19.3 Å². The molecule has 0 bridgehead atoms. The van der Waals surface area contributed by atoms with Crippen molar-refractivity contribution in [1.29, 1.82) is 0 Å². The van der Waals surface area contributed by atoms with Crippen molar-refractivity contribution < 1.29 is 0 Å². The summed E-state index contributed by atoms with van der Waals surface area (Å²) in [7, 11) is 0. The number of nitrogens with zero attached hydrogens (tertiary/aromatic N) is 1. The lowest BCUT2D eigenvalue weighted by molar-refractivity contribution is 0.235. The summed E-state index contributed by atoms with van der Waals surface area (Å²) in [5.74, 6) is 0. The van der Waals surface area contributed by atoms with Gasteiger partial charge in [0.2, 0.25) is 0 Å². The molecule has 5 heteroatoms. The number of rotatable bonds is 12. The molecule has 0 spiro atoms. The molecular weight excluding hydrogens is 286 g/mol. The molecule has 0 saturated heterocycles. The van der Waals surface area contributed by atoms with Gasteiger partial charge in [-0.2, -0.15) is 25.3 Å². The molecule has 3 N–H and O–H groups in total. The lowest BCUT2D eigenvalue weighted by Gasteiger charge is -2.33. The summed E-state index contributed by atoms with van der Waals surface area (Å²) in [6.45, 7) is 14.6. The fraction of sp³-hybridized carbons (Fsp3) is 1.00. The van der Waals surface area contributed by atoms with Crippen molar-refractivity contribution >= 4 is 25.3 Å². The van der Waals surface area contributed by atoms with Crippen LogP contribution in [-0.4, -0.2) is 53.7 Å². The molecule has 122 valence electrons. The summed E-state index contributed by atoms with van der Waals surface area (Å²) < 4.78 is 0.0867. The SMILES string of the molecule is CC(C)(S)CN(CCCCCNCCN)CC(C)(C)S. The van der Waals surface area contributed by atoms with Crippen LogP contribution in [0, 0.1) is 0 Å². The zero-order valence-corrected chi connectivity index (χ0v) is 15.6. The van der Waals surface area contributed by atoms with E-state index in [9.17, 15) is 0 Å². The second kappa shape index (κ2) is 10.3. The molecule has 0 aromatic heterocycles. The van der Waals surface area contributed by atoms with Crippen LogP contribution in [-0.2, 0) is 0 Å². The average molecular weight is 322 g/mol. The predicted octanol–water partition coefficient (Wildman–Crippen LogP) is 2.42. The molecule has 0 saturated carbocycles. The summed E-state index contributed by atoms with van der Waals surface area (Å²) in [4.78, 5) is 2.49. The lowest BCUT2D eigenvalue weighted by Crippen LogP contribution is -2.42. The third-order valence-corrected chi connectivity index (χ3v) is 3.15. The maximum Gasteiger partial charge on any atom is 0.0200 e. The molecule has 0 aliphatic rings. The van der Waals surface area contributed by atoms with Gasteiger partial charge in [-0.3, -0.25) is 0 Å². The molecule has 0 aliphatic heterocycles. The Morgan fingerprint density at radius 2 is 1.45 bits per heavy atom. The molecule has 0 heterocycles. The number of hydrogen-bond acceptors (Lipinski definition) is 5. The second-order valence-corrected chi connectivity index (χ2v) is 9.36. The Labute approximate surface area is 137 Å². The highest BCUT2D eigenvalue weighted by Crippen LogP contribution is 2.19. The number of unbranched alkanes of at least 4 members (excludes halogenated alkanes) is 2. The number of hydrogen-bond donors (Lipinski definition) is 4. The van der Waals surface area contributed by atoms with Crippen LogP contribution in [0.25, 0.3) is 0 Å². The van der Waals surface area contributed by atoms with E-state index in [0.29, 0.717) is 0 Å². The maximum atomic E-state index is 5.44. The first kappa shape index (κ1) is 20.6. The minimum Gasteiger partial charge on any atom is -0.329 e. The van der Waals surface area contributed by atoms with Crippen LogP contribution in [0.4, 0.5) is 0 Å². The summed E-state index contributed by atoms with van der Waals surface area (Å²) in [6.07, 6.45) is 3.72. The van der Waals surface area contributed by atoms with Gasteiger partial charge in [0.05, 0.1) is 0 Å². The van der Waals surface area contributed by atoms with E-state index < -0.39 is 0 Å². The van der Waals surface area contributed by atoms with Crippen molar-refractivity contribution in [1.82, 2.24) is 10.2 Å². The molecule has 0 aromatic carbocycles. The smallest absolute Gasteiger partial charge is 0.0200 e. The van der Waals surface area contributed by atoms with E-state index in [1.54, 1.807) is 0 Å². The van der Waals surface area contributed by atoms with E-state index in [1.807, 2.05) is 0 Å². The average Bonchev–Trinajstić information content (AvgIpc) is 2.23. The quantitative estimate of drug-likeness (QED) is 0.330. The predicted molar refractivity (Wildman–Crippen MR) is 98.3 cm³/mol. The standard InChI is InChI=1S/C15H35N3S2/c1-14(2,19)12-18(13-15(3,4)20)11-7-5-6-9-17-10-8-16/h17,19-20H,5-13,16H2,1-4H3. The first-order valence-corrected chi connectivity index (χ1v) is 8.61. The molecule has 3 nitrogen and oxygen atoms in total. The van der Waals surface area contributed by atoms with Crippen molar-refractivity contribution in [2.45, 2.75) is 56.5 Å². The van der Waals surface area contributed by atoms with Crippen LogP contribution >= 0.6 is 25.3 Å². The summed E-state index contributed by atoms with van der Waals surface area (Å²) in [6, 6.07) is 0. The summed E-state index contributed by atoms with van der Waals surface area (Å²) >= 11 is 9.31. The first-order valence-electron chi connectivity index (χ1n) is 7.72. The maximum absolute atomic E-state index is 5.44. The Hall–Kier alpha value is 0.580. The summed E-state index contributed by atoms with van der Waals surface area (Å²) in [5.41, 5.74) is 5.44. The van der Waals surface area contributed by atoms with Crippen LogP contribution in [0.5, 0.6) is 0 Å². The minimum atomic E-state index is 0.0434. The van der Waals surface area contributed by atoms with Crippen molar-refractivity contribution in [3.8, 4) is 0 Å². The Morgan fingerprint density at radius 1 is 0.900 bits per heavy atom. The monoisotopic (exact) mass is 321 g/mol. The molecular formula is C15H35N3S2. The van der Waals surface area contributed by atoms with Gasteiger partial charge in [0.25, 0.3) is 0 Å². The molecule has 0 rings (SSSR count). The Kier molecular flexibility index (Phi) is 10.6. The van der Waals surface area contributed by atoms with Gasteiger partial charge in [0.15, 0.2) is 0 Å².